The van der Waals surface area contributed by atoms with Gasteiger partial charge >= 0.3 is 11.9 Å². The Bertz CT molecular complexity index is 823. The molecule has 2 aromatic rings. The van der Waals surface area contributed by atoms with Crippen LogP contribution in [0.25, 0.3) is 11.3 Å². The van der Waals surface area contributed by atoms with Crippen LogP contribution in [0.3, 0.4) is 0 Å². The van der Waals surface area contributed by atoms with Crippen molar-refractivity contribution in [1.29, 1.82) is 0 Å². The van der Waals surface area contributed by atoms with Gasteiger partial charge in [-0.1, -0.05) is 0 Å². The van der Waals surface area contributed by atoms with E-state index in [-0.39, 0.29) is 18.9 Å². The highest BCUT2D eigenvalue weighted by molar-refractivity contribution is 9.10. The maximum Gasteiger partial charge on any atom is 0.361 e. The lowest BCUT2D eigenvalue weighted by Gasteiger charge is -2.18. The number of carbonyl (C=O) groups is 2. The SMILES string of the molecule is CCOC(=O)c1n[nH]nc1-c1cc(Br)c(OC(C)C(=O)OCC)c(OC)c1. The van der Waals surface area contributed by atoms with Crippen molar-refractivity contribution in [3.05, 3.63) is 22.3 Å². The number of nitrogens with one attached hydrogen (secondary N) is 1. The first kappa shape index (κ1) is 20.7. The zero-order chi connectivity index (χ0) is 20.0. The Hall–Kier alpha value is -2.62. The second-order valence-electron chi connectivity index (χ2n) is 5.24. The van der Waals surface area contributed by atoms with Gasteiger partial charge in [0.05, 0.1) is 24.8 Å². The van der Waals surface area contributed by atoms with Crippen molar-refractivity contribution < 1.29 is 28.5 Å². The molecule has 0 spiro atoms. The fourth-order valence-electron chi connectivity index (χ4n) is 2.23. The van der Waals surface area contributed by atoms with Crippen LogP contribution < -0.4 is 9.47 Å². The maximum absolute atomic E-state index is 12.0. The molecule has 0 radical (unpaired) electrons. The summed E-state index contributed by atoms with van der Waals surface area (Å²) in [5.74, 6) is -0.416. The van der Waals surface area contributed by atoms with Crippen LogP contribution in [0.15, 0.2) is 16.6 Å². The Kier molecular flexibility index (Phi) is 7.17. The number of nitrogens with zero attached hydrogens (tertiary/aromatic N) is 2. The van der Waals surface area contributed by atoms with E-state index in [1.165, 1.54) is 7.11 Å². The van der Waals surface area contributed by atoms with E-state index in [1.807, 2.05) is 0 Å². The molecular formula is C17H20BrN3O6. The molecule has 0 saturated heterocycles. The number of H-pyrrole nitrogens is 1. The summed E-state index contributed by atoms with van der Waals surface area (Å²) in [6.07, 6.45) is -0.830. The van der Waals surface area contributed by atoms with E-state index in [1.54, 1.807) is 32.9 Å². The van der Waals surface area contributed by atoms with Gasteiger partial charge in [-0.2, -0.15) is 10.3 Å². The summed E-state index contributed by atoms with van der Waals surface area (Å²) in [5, 5.41) is 10.3. The van der Waals surface area contributed by atoms with E-state index >= 15 is 0 Å². The number of benzene rings is 1. The lowest BCUT2D eigenvalue weighted by atomic mass is 10.1. The lowest BCUT2D eigenvalue weighted by Crippen LogP contribution is -2.26. The maximum atomic E-state index is 12.0. The highest BCUT2D eigenvalue weighted by Gasteiger charge is 2.24. The van der Waals surface area contributed by atoms with Crippen LogP contribution >= 0.6 is 15.9 Å². The number of hydrogen-bond acceptors (Lipinski definition) is 8. The quantitative estimate of drug-likeness (QED) is 0.622. The zero-order valence-electron chi connectivity index (χ0n) is 15.4. The third-order valence-corrected chi connectivity index (χ3v) is 4.02. The number of hydrogen-bond donors (Lipinski definition) is 1. The van der Waals surface area contributed by atoms with Gasteiger partial charge in [0.15, 0.2) is 23.3 Å². The molecule has 1 N–H and O–H groups in total. The summed E-state index contributed by atoms with van der Waals surface area (Å²) in [6.45, 7) is 5.47. The molecule has 1 atom stereocenters. The van der Waals surface area contributed by atoms with Gasteiger partial charge in [-0.15, -0.1) is 5.10 Å². The third-order valence-electron chi connectivity index (χ3n) is 3.43. The molecule has 0 saturated carbocycles. The monoisotopic (exact) mass is 441 g/mol. The van der Waals surface area contributed by atoms with Crippen LogP contribution in [0.1, 0.15) is 31.3 Å². The van der Waals surface area contributed by atoms with E-state index < -0.39 is 18.0 Å². The number of carbonyl (C=O) groups excluding carboxylic acids is 2. The van der Waals surface area contributed by atoms with Crippen LogP contribution in [0.2, 0.25) is 0 Å². The summed E-state index contributed by atoms with van der Waals surface area (Å²) >= 11 is 3.40. The van der Waals surface area contributed by atoms with Gasteiger partial charge in [0.2, 0.25) is 0 Å². The summed E-state index contributed by atoms with van der Waals surface area (Å²) in [4.78, 5) is 23.8. The van der Waals surface area contributed by atoms with Gasteiger partial charge in [-0.3, -0.25) is 0 Å². The molecule has 0 aliphatic heterocycles. The van der Waals surface area contributed by atoms with Crippen molar-refractivity contribution in [1.82, 2.24) is 15.4 Å². The van der Waals surface area contributed by atoms with Crippen LogP contribution in [-0.2, 0) is 14.3 Å². The Balaban J connectivity index is 2.38. The van der Waals surface area contributed by atoms with Crippen molar-refractivity contribution in [2.75, 3.05) is 20.3 Å². The number of aromatic nitrogens is 3. The second-order valence-corrected chi connectivity index (χ2v) is 6.10. The highest BCUT2D eigenvalue weighted by atomic mass is 79.9. The zero-order valence-corrected chi connectivity index (χ0v) is 17.0. The molecule has 0 amide bonds. The molecule has 146 valence electrons. The first-order valence-corrected chi connectivity index (χ1v) is 9.01. The number of esters is 2. The van der Waals surface area contributed by atoms with Crippen molar-refractivity contribution in [2.45, 2.75) is 26.9 Å². The molecule has 1 aromatic heterocycles. The summed E-state index contributed by atoms with van der Waals surface area (Å²) < 4.78 is 21.5. The Morgan fingerprint density at radius 3 is 2.52 bits per heavy atom. The molecule has 1 heterocycles. The van der Waals surface area contributed by atoms with Gasteiger partial charge in [0.25, 0.3) is 0 Å². The molecule has 27 heavy (non-hydrogen) atoms. The van der Waals surface area contributed by atoms with Gasteiger partial charge in [-0.25, -0.2) is 9.59 Å². The molecule has 0 fully saturated rings. The van der Waals surface area contributed by atoms with Gasteiger partial charge in [-0.05, 0) is 48.8 Å². The number of aromatic amines is 1. The van der Waals surface area contributed by atoms with E-state index in [9.17, 15) is 9.59 Å². The molecule has 1 unspecified atom stereocenters. The normalized spacial score (nSPS) is 11.6. The second kappa shape index (κ2) is 9.36. The minimum Gasteiger partial charge on any atom is -0.493 e. The molecule has 1 aromatic carbocycles. The van der Waals surface area contributed by atoms with E-state index in [2.05, 4.69) is 31.3 Å². The van der Waals surface area contributed by atoms with Gasteiger partial charge in [0.1, 0.15) is 5.69 Å². The fourth-order valence-corrected chi connectivity index (χ4v) is 2.76. The summed E-state index contributed by atoms with van der Waals surface area (Å²) in [7, 11) is 1.46. The van der Waals surface area contributed by atoms with Crippen LogP contribution in [0.5, 0.6) is 11.5 Å². The standard InChI is InChI=1S/C17H20BrN3O6/c1-5-25-16(22)9(3)27-15-11(18)7-10(8-12(15)24-4)13-14(20-21-19-13)17(23)26-6-2/h7-9H,5-6H2,1-4H3,(H,19,20,21). The third kappa shape index (κ3) is 4.76. The molecule has 2 rings (SSSR count). The van der Waals surface area contributed by atoms with E-state index in [0.29, 0.717) is 27.2 Å². The molecule has 10 heteroatoms. The van der Waals surface area contributed by atoms with Gasteiger partial charge < -0.3 is 18.9 Å². The van der Waals surface area contributed by atoms with E-state index in [4.69, 9.17) is 18.9 Å². The lowest BCUT2D eigenvalue weighted by molar-refractivity contribution is -0.150. The Morgan fingerprint density at radius 1 is 1.19 bits per heavy atom. The topological polar surface area (TPSA) is 113 Å². The average molecular weight is 442 g/mol. The van der Waals surface area contributed by atoms with Gasteiger partial charge in [0, 0.05) is 5.56 Å². The Labute approximate surface area is 164 Å². The molecule has 0 aliphatic carbocycles. The largest absolute Gasteiger partial charge is 0.493 e. The average Bonchev–Trinajstić information content (AvgIpc) is 3.13. The number of methoxy groups -OCH3 is 1. The van der Waals surface area contributed by atoms with Crippen LogP contribution in [0.4, 0.5) is 0 Å². The first-order valence-electron chi connectivity index (χ1n) is 8.21. The summed E-state index contributed by atoms with van der Waals surface area (Å²) in [6, 6.07) is 3.30. The first-order chi connectivity index (χ1) is 12.9. The van der Waals surface area contributed by atoms with Crippen LogP contribution in [-0.4, -0.2) is 53.8 Å². The smallest absolute Gasteiger partial charge is 0.361 e. The van der Waals surface area contributed by atoms with E-state index in [0.717, 1.165) is 0 Å². The van der Waals surface area contributed by atoms with Crippen molar-refractivity contribution in [3.8, 4) is 22.8 Å². The number of halogens is 1. The molecule has 0 aliphatic rings. The number of ether oxygens (including phenoxy) is 4. The fraction of sp³-hybridized carbons (Fsp3) is 0.412. The Morgan fingerprint density at radius 2 is 1.89 bits per heavy atom. The molecule has 0 bridgehead atoms. The predicted molar refractivity (Wildman–Crippen MR) is 98.8 cm³/mol. The minimum absolute atomic E-state index is 0.0550. The van der Waals surface area contributed by atoms with Crippen molar-refractivity contribution >= 4 is 27.9 Å². The number of rotatable bonds is 8. The van der Waals surface area contributed by atoms with Crippen molar-refractivity contribution in [3.63, 3.8) is 0 Å². The van der Waals surface area contributed by atoms with Crippen molar-refractivity contribution in [2.24, 2.45) is 0 Å². The molecular weight excluding hydrogens is 422 g/mol. The molecule has 9 nitrogen and oxygen atoms in total. The van der Waals surface area contributed by atoms with Crippen LogP contribution in [0, 0.1) is 0 Å². The summed E-state index contributed by atoms with van der Waals surface area (Å²) in [5.41, 5.74) is 0.906. The highest BCUT2D eigenvalue weighted by Crippen LogP contribution is 2.40. The minimum atomic E-state index is -0.830. The predicted octanol–water partition coefficient (Wildman–Crippen LogP) is 2.75.